The third-order valence-electron chi connectivity index (χ3n) is 5.99. The van der Waals surface area contributed by atoms with Crippen molar-refractivity contribution in [3.8, 4) is 17.2 Å². The van der Waals surface area contributed by atoms with Crippen LogP contribution in [0.25, 0.3) is 6.08 Å². The van der Waals surface area contributed by atoms with Crippen molar-refractivity contribution < 1.29 is 41.8 Å². The number of nitrogens with zero attached hydrogens (tertiary/aromatic N) is 1. The minimum Gasteiger partial charge on any atom is -0.495 e. The lowest BCUT2D eigenvalue weighted by Crippen LogP contribution is -2.36. The molecule has 0 aliphatic carbocycles. The molecule has 8 nitrogen and oxygen atoms in total. The van der Waals surface area contributed by atoms with Gasteiger partial charge in [-0.05, 0) is 82.2 Å². The topological polar surface area (TPSA) is 94.2 Å². The summed E-state index contributed by atoms with van der Waals surface area (Å²) >= 11 is 4.10. The first-order valence-corrected chi connectivity index (χ1v) is 13.9. The van der Waals surface area contributed by atoms with Gasteiger partial charge in [-0.1, -0.05) is 29.8 Å². The van der Waals surface area contributed by atoms with E-state index in [0.29, 0.717) is 50.9 Å². The highest BCUT2D eigenvalue weighted by atomic mass is 79.9. The Morgan fingerprint density at radius 1 is 1.05 bits per heavy atom. The van der Waals surface area contributed by atoms with Gasteiger partial charge in [0.05, 0.1) is 34.8 Å². The van der Waals surface area contributed by atoms with E-state index in [9.17, 15) is 27.6 Å². The first-order valence-electron chi connectivity index (χ1n) is 12.3. The number of hydrogen-bond donors (Lipinski definition) is 1. The number of halogens is 4. The van der Waals surface area contributed by atoms with Gasteiger partial charge < -0.3 is 19.5 Å². The number of nitrogens with one attached hydrogen (secondary N) is 1. The molecule has 13 heteroatoms. The molecule has 3 aromatic carbocycles. The zero-order valence-corrected chi connectivity index (χ0v) is 24.9. The van der Waals surface area contributed by atoms with Crippen LogP contribution < -0.4 is 19.5 Å². The molecular formula is C29H24BrF3N2O6S. The molecule has 1 aliphatic rings. The van der Waals surface area contributed by atoms with Gasteiger partial charge in [0.15, 0.2) is 11.5 Å². The highest BCUT2D eigenvalue weighted by Crippen LogP contribution is 2.40. The van der Waals surface area contributed by atoms with Crippen LogP contribution in [0.5, 0.6) is 17.2 Å². The van der Waals surface area contributed by atoms with Crippen molar-refractivity contribution in [1.29, 1.82) is 0 Å². The first kappa shape index (κ1) is 31.0. The van der Waals surface area contributed by atoms with Crippen molar-refractivity contribution in [2.24, 2.45) is 0 Å². The number of alkyl halides is 3. The Morgan fingerprint density at radius 3 is 2.45 bits per heavy atom. The standard InChI is InChI=1S/C29H24BrF3N2O6S/c1-16-5-4-6-17(9-16)15-41-26-20(30)10-18(11-23(26)40-3)12-24-27(37)35(28(38)42-24)14-25(36)34-21-13-19(29(31,32)33)7-8-22(21)39-2/h4-13H,14-15H2,1-3H3,(H,34,36)/b24-12-. The SMILES string of the molecule is COc1ccc(C(F)(F)F)cc1NC(=O)CN1C(=O)S/C(=C\c2cc(Br)c(OCc3cccc(C)c3)c(OC)c2)C1=O. The van der Waals surface area contributed by atoms with Crippen LogP contribution in [0.1, 0.15) is 22.3 Å². The lowest BCUT2D eigenvalue weighted by atomic mass is 10.1. The summed E-state index contributed by atoms with van der Waals surface area (Å²) < 4.78 is 56.4. The molecule has 1 aliphatic heterocycles. The van der Waals surface area contributed by atoms with E-state index in [2.05, 4.69) is 21.2 Å². The Morgan fingerprint density at radius 2 is 1.79 bits per heavy atom. The van der Waals surface area contributed by atoms with E-state index in [1.54, 1.807) is 12.1 Å². The first-order chi connectivity index (χ1) is 19.9. The Balaban J connectivity index is 1.48. The molecule has 0 aromatic heterocycles. The maximum absolute atomic E-state index is 13.1. The highest BCUT2D eigenvalue weighted by molar-refractivity contribution is 9.10. The summed E-state index contributed by atoms with van der Waals surface area (Å²) in [5.74, 6) is -0.791. The number of benzene rings is 3. The molecule has 0 spiro atoms. The van der Waals surface area contributed by atoms with Crippen molar-refractivity contribution in [2.45, 2.75) is 19.7 Å². The van der Waals surface area contributed by atoms with Crippen molar-refractivity contribution in [3.05, 3.63) is 86.2 Å². The summed E-state index contributed by atoms with van der Waals surface area (Å²) in [6.07, 6.45) is -3.18. The van der Waals surface area contributed by atoms with E-state index in [0.717, 1.165) is 23.3 Å². The molecule has 0 unspecified atom stereocenters. The van der Waals surface area contributed by atoms with Crippen LogP contribution in [0, 0.1) is 6.92 Å². The van der Waals surface area contributed by atoms with Crippen molar-refractivity contribution in [1.82, 2.24) is 4.90 Å². The predicted octanol–water partition coefficient (Wildman–Crippen LogP) is 7.05. The van der Waals surface area contributed by atoms with Crippen LogP contribution in [0.15, 0.2) is 64.0 Å². The number of ether oxygens (including phenoxy) is 3. The van der Waals surface area contributed by atoms with Gasteiger partial charge in [-0.3, -0.25) is 19.3 Å². The zero-order valence-electron chi connectivity index (χ0n) is 22.5. The van der Waals surface area contributed by atoms with Gasteiger partial charge in [-0.2, -0.15) is 13.2 Å². The lowest BCUT2D eigenvalue weighted by molar-refractivity contribution is -0.137. The normalized spacial score (nSPS) is 14.4. The van der Waals surface area contributed by atoms with Crippen LogP contribution in [0.2, 0.25) is 0 Å². The fraction of sp³-hybridized carbons (Fsp3) is 0.207. The second-order valence-corrected chi connectivity index (χ2v) is 10.9. The van der Waals surface area contributed by atoms with E-state index in [1.165, 1.54) is 20.3 Å². The van der Waals surface area contributed by atoms with E-state index in [1.807, 2.05) is 31.2 Å². The van der Waals surface area contributed by atoms with Crippen molar-refractivity contribution in [3.63, 3.8) is 0 Å². The monoisotopic (exact) mass is 664 g/mol. The van der Waals surface area contributed by atoms with E-state index >= 15 is 0 Å². The molecule has 42 heavy (non-hydrogen) atoms. The van der Waals surface area contributed by atoms with Gasteiger partial charge in [-0.25, -0.2) is 0 Å². The fourth-order valence-corrected chi connectivity index (χ4v) is 5.44. The molecule has 1 saturated heterocycles. The minimum atomic E-state index is -4.65. The number of anilines is 1. The second kappa shape index (κ2) is 12.9. The molecular weight excluding hydrogens is 641 g/mol. The van der Waals surface area contributed by atoms with Gasteiger partial charge in [0.1, 0.15) is 18.9 Å². The number of methoxy groups -OCH3 is 2. The molecule has 4 rings (SSSR count). The Kier molecular flexibility index (Phi) is 9.52. The number of rotatable bonds is 9. The zero-order chi connectivity index (χ0) is 30.6. The molecule has 0 bridgehead atoms. The Labute approximate surface area is 251 Å². The maximum Gasteiger partial charge on any atom is 0.416 e. The molecule has 220 valence electrons. The smallest absolute Gasteiger partial charge is 0.416 e. The summed E-state index contributed by atoms with van der Waals surface area (Å²) in [4.78, 5) is 39.0. The highest BCUT2D eigenvalue weighted by Gasteiger charge is 2.37. The van der Waals surface area contributed by atoms with Gasteiger partial charge in [0, 0.05) is 0 Å². The second-order valence-electron chi connectivity index (χ2n) is 9.04. The number of carbonyl (C=O) groups is 3. The van der Waals surface area contributed by atoms with Crippen molar-refractivity contribution >= 4 is 56.5 Å². The van der Waals surface area contributed by atoms with Crippen molar-refractivity contribution in [2.75, 3.05) is 26.1 Å². The molecule has 0 saturated carbocycles. The van der Waals surface area contributed by atoms with Crippen LogP contribution >= 0.6 is 27.7 Å². The van der Waals surface area contributed by atoms with Gasteiger partial charge in [0.2, 0.25) is 5.91 Å². The third kappa shape index (κ3) is 7.26. The van der Waals surface area contributed by atoms with E-state index in [-0.39, 0.29) is 16.3 Å². The van der Waals surface area contributed by atoms with Gasteiger partial charge >= 0.3 is 6.18 Å². The average Bonchev–Trinajstić information content (AvgIpc) is 3.18. The molecule has 0 atom stereocenters. The Bertz CT molecular complexity index is 1580. The summed E-state index contributed by atoms with van der Waals surface area (Å²) in [6, 6.07) is 13.8. The quantitative estimate of drug-likeness (QED) is 0.245. The molecule has 1 N–H and O–H groups in total. The molecule has 1 heterocycles. The molecule has 3 aromatic rings. The summed E-state index contributed by atoms with van der Waals surface area (Å²) in [6.45, 7) is 1.57. The molecule has 0 radical (unpaired) electrons. The largest absolute Gasteiger partial charge is 0.495 e. The molecule has 3 amide bonds. The third-order valence-corrected chi connectivity index (χ3v) is 7.49. The van der Waals surface area contributed by atoms with Gasteiger partial charge in [0.25, 0.3) is 11.1 Å². The van der Waals surface area contributed by atoms with Crippen LogP contribution in [-0.2, 0) is 22.4 Å². The fourth-order valence-electron chi connectivity index (χ4n) is 4.02. The average molecular weight is 665 g/mol. The van der Waals surface area contributed by atoms with E-state index in [4.69, 9.17) is 14.2 Å². The number of imide groups is 1. The number of hydrogen-bond acceptors (Lipinski definition) is 7. The Hall–Kier alpha value is -3.97. The maximum atomic E-state index is 13.1. The summed E-state index contributed by atoms with van der Waals surface area (Å²) in [7, 11) is 2.70. The van der Waals surface area contributed by atoms with E-state index < -0.39 is 35.3 Å². The van der Waals surface area contributed by atoms with Crippen LogP contribution in [0.4, 0.5) is 23.7 Å². The number of amides is 3. The summed E-state index contributed by atoms with van der Waals surface area (Å²) in [5, 5.41) is 1.58. The van der Waals surface area contributed by atoms with Crippen LogP contribution in [-0.4, -0.2) is 42.7 Å². The lowest BCUT2D eigenvalue weighted by Gasteiger charge is -2.16. The molecule has 1 fully saturated rings. The number of aryl methyl sites for hydroxylation is 1. The number of thioether (sulfide) groups is 1. The predicted molar refractivity (Wildman–Crippen MR) is 156 cm³/mol. The van der Waals surface area contributed by atoms with Crippen LogP contribution in [0.3, 0.4) is 0 Å². The number of carbonyl (C=O) groups excluding carboxylic acids is 3. The summed E-state index contributed by atoms with van der Waals surface area (Å²) in [5.41, 5.74) is 1.34. The van der Waals surface area contributed by atoms with Gasteiger partial charge in [-0.15, -0.1) is 0 Å². The minimum absolute atomic E-state index is 0.0174.